The van der Waals surface area contributed by atoms with Crippen molar-refractivity contribution < 1.29 is 9.21 Å². The lowest BCUT2D eigenvalue weighted by atomic mass is 10.0. The summed E-state index contributed by atoms with van der Waals surface area (Å²) in [6.45, 7) is 5.66. The number of aryl methyl sites for hydroxylation is 3. The summed E-state index contributed by atoms with van der Waals surface area (Å²) in [5.41, 5.74) is 3.87. The van der Waals surface area contributed by atoms with E-state index in [-0.39, 0.29) is 17.0 Å². The number of aromatic nitrogens is 2. The molecular formula is C24H20ClN3O3. The van der Waals surface area contributed by atoms with Gasteiger partial charge in [-0.25, -0.2) is 4.68 Å². The molecule has 0 saturated heterocycles. The first kappa shape index (κ1) is 20.6. The Balaban J connectivity index is 1.99. The quantitative estimate of drug-likeness (QED) is 0.472. The van der Waals surface area contributed by atoms with E-state index in [0.29, 0.717) is 21.8 Å². The third kappa shape index (κ3) is 4.02. The minimum Gasteiger partial charge on any atom is -0.459 e. The van der Waals surface area contributed by atoms with Crippen molar-refractivity contribution in [3.63, 3.8) is 0 Å². The molecule has 0 radical (unpaired) electrons. The van der Waals surface area contributed by atoms with Crippen LogP contribution >= 0.6 is 11.6 Å². The second kappa shape index (κ2) is 8.24. The fourth-order valence-corrected chi connectivity index (χ4v) is 3.39. The first-order valence-corrected chi connectivity index (χ1v) is 10.1. The van der Waals surface area contributed by atoms with Gasteiger partial charge in [0.1, 0.15) is 11.5 Å². The third-order valence-electron chi connectivity index (χ3n) is 5.10. The number of hydrogen-bond donors (Lipinski definition) is 1. The zero-order valence-electron chi connectivity index (χ0n) is 17.3. The molecule has 0 fully saturated rings. The summed E-state index contributed by atoms with van der Waals surface area (Å²) in [6.07, 6.45) is 1.42. The summed E-state index contributed by atoms with van der Waals surface area (Å²) >= 11 is 6.04. The molecule has 1 amide bonds. The topological polar surface area (TPSA) is 77.1 Å². The van der Waals surface area contributed by atoms with Gasteiger partial charge in [0.15, 0.2) is 5.76 Å². The standard InChI is InChI=1S/C24H20ClN3O3/c1-14-6-11-19(13-15(14)2)28-23(26-24(30)20-5-4-12-31-20)21(22(29)16(3)27-28)17-7-9-18(25)10-8-17/h4-13H,1-3H3,(H,26,30). The fraction of sp³-hybridized carbons (Fsp3) is 0.125. The molecule has 0 aliphatic heterocycles. The van der Waals surface area contributed by atoms with E-state index in [9.17, 15) is 9.59 Å². The van der Waals surface area contributed by atoms with Gasteiger partial charge in [0, 0.05) is 5.02 Å². The van der Waals surface area contributed by atoms with Crippen LogP contribution in [-0.4, -0.2) is 15.7 Å². The molecular weight excluding hydrogens is 414 g/mol. The van der Waals surface area contributed by atoms with E-state index in [4.69, 9.17) is 16.0 Å². The van der Waals surface area contributed by atoms with E-state index in [1.807, 2.05) is 32.0 Å². The maximum Gasteiger partial charge on any atom is 0.292 e. The number of nitrogens with zero attached hydrogens (tertiary/aromatic N) is 2. The molecule has 7 heteroatoms. The van der Waals surface area contributed by atoms with Crippen LogP contribution in [0.2, 0.25) is 5.02 Å². The normalized spacial score (nSPS) is 10.8. The maximum absolute atomic E-state index is 13.2. The average Bonchev–Trinajstić information content (AvgIpc) is 3.29. The lowest BCUT2D eigenvalue weighted by Gasteiger charge is -2.18. The second-order valence-electron chi connectivity index (χ2n) is 7.26. The van der Waals surface area contributed by atoms with Crippen molar-refractivity contribution in [3.05, 3.63) is 98.7 Å². The molecule has 2 aromatic heterocycles. The van der Waals surface area contributed by atoms with Crippen LogP contribution in [0.25, 0.3) is 16.8 Å². The van der Waals surface area contributed by atoms with Crippen molar-refractivity contribution in [2.75, 3.05) is 5.32 Å². The fourth-order valence-electron chi connectivity index (χ4n) is 3.26. The van der Waals surface area contributed by atoms with E-state index in [0.717, 1.165) is 16.8 Å². The van der Waals surface area contributed by atoms with Crippen molar-refractivity contribution in [3.8, 4) is 16.8 Å². The Morgan fingerprint density at radius 1 is 1.03 bits per heavy atom. The van der Waals surface area contributed by atoms with Crippen molar-refractivity contribution in [1.82, 2.24) is 9.78 Å². The molecule has 0 atom stereocenters. The molecule has 1 N–H and O–H groups in total. The van der Waals surface area contributed by atoms with Crippen LogP contribution in [0.15, 0.2) is 70.1 Å². The molecule has 0 aliphatic carbocycles. The van der Waals surface area contributed by atoms with E-state index >= 15 is 0 Å². The molecule has 4 rings (SSSR count). The van der Waals surface area contributed by atoms with Gasteiger partial charge in [-0.05, 0) is 73.9 Å². The van der Waals surface area contributed by atoms with Gasteiger partial charge < -0.3 is 9.73 Å². The molecule has 2 aromatic carbocycles. The van der Waals surface area contributed by atoms with E-state index < -0.39 is 5.91 Å². The van der Waals surface area contributed by atoms with Crippen LogP contribution in [0.4, 0.5) is 5.82 Å². The first-order valence-electron chi connectivity index (χ1n) is 9.67. The summed E-state index contributed by atoms with van der Waals surface area (Å²) in [4.78, 5) is 26.0. The highest BCUT2D eigenvalue weighted by molar-refractivity contribution is 6.30. The SMILES string of the molecule is Cc1ccc(-n2nc(C)c(=O)c(-c3ccc(Cl)cc3)c2NC(=O)c2ccco2)cc1C. The van der Waals surface area contributed by atoms with Crippen LogP contribution in [0.1, 0.15) is 27.4 Å². The van der Waals surface area contributed by atoms with Crippen LogP contribution < -0.4 is 10.7 Å². The number of halogens is 1. The predicted molar refractivity (Wildman–Crippen MR) is 121 cm³/mol. The lowest BCUT2D eigenvalue weighted by molar-refractivity contribution is 0.0996. The molecule has 4 aromatic rings. The molecule has 6 nitrogen and oxygen atoms in total. The van der Waals surface area contributed by atoms with Crippen molar-refractivity contribution in [2.45, 2.75) is 20.8 Å². The highest BCUT2D eigenvalue weighted by Crippen LogP contribution is 2.29. The van der Waals surface area contributed by atoms with Gasteiger partial charge in [0.2, 0.25) is 5.43 Å². The number of rotatable bonds is 4. The van der Waals surface area contributed by atoms with Gasteiger partial charge in [0.05, 0.1) is 17.5 Å². The summed E-state index contributed by atoms with van der Waals surface area (Å²) in [6, 6.07) is 15.9. The molecule has 0 bridgehead atoms. The van der Waals surface area contributed by atoms with Crippen molar-refractivity contribution >= 4 is 23.3 Å². The average molecular weight is 434 g/mol. The molecule has 2 heterocycles. The number of benzene rings is 2. The van der Waals surface area contributed by atoms with Gasteiger partial charge >= 0.3 is 0 Å². The Labute approximate surface area is 184 Å². The zero-order chi connectivity index (χ0) is 22.1. The van der Waals surface area contributed by atoms with Gasteiger partial charge in [-0.3, -0.25) is 9.59 Å². The Kier molecular flexibility index (Phi) is 5.48. The Morgan fingerprint density at radius 2 is 1.77 bits per heavy atom. The first-order chi connectivity index (χ1) is 14.8. The molecule has 156 valence electrons. The minimum absolute atomic E-state index is 0.127. The maximum atomic E-state index is 13.2. The van der Waals surface area contributed by atoms with Crippen LogP contribution in [0.5, 0.6) is 0 Å². The van der Waals surface area contributed by atoms with Gasteiger partial charge in [-0.1, -0.05) is 29.8 Å². The van der Waals surface area contributed by atoms with E-state index in [2.05, 4.69) is 10.4 Å². The molecule has 0 unspecified atom stereocenters. The smallest absolute Gasteiger partial charge is 0.292 e. The summed E-state index contributed by atoms with van der Waals surface area (Å²) < 4.78 is 6.80. The number of hydrogen-bond acceptors (Lipinski definition) is 4. The van der Waals surface area contributed by atoms with E-state index in [1.54, 1.807) is 48.0 Å². The lowest BCUT2D eigenvalue weighted by Crippen LogP contribution is -2.24. The Bertz CT molecular complexity index is 1320. The summed E-state index contributed by atoms with van der Waals surface area (Å²) in [5.74, 6) is -0.104. The van der Waals surface area contributed by atoms with Gasteiger partial charge in [-0.15, -0.1) is 0 Å². The Morgan fingerprint density at radius 3 is 2.42 bits per heavy atom. The predicted octanol–water partition coefficient (Wildman–Crippen LogP) is 5.32. The van der Waals surface area contributed by atoms with Crippen molar-refractivity contribution in [2.24, 2.45) is 0 Å². The zero-order valence-corrected chi connectivity index (χ0v) is 18.0. The van der Waals surface area contributed by atoms with E-state index in [1.165, 1.54) is 6.26 Å². The van der Waals surface area contributed by atoms with Crippen LogP contribution in [0, 0.1) is 20.8 Å². The summed E-state index contributed by atoms with van der Waals surface area (Å²) in [7, 11) is 0. The molecule has 0 spiro atoms. The molecule has 31 heavy (non-hydrogen) atoms. The summed E-state index contributed by atoms with van der Waals surface area (Å²) in [5, 5.41) is 7.86. The molecule has 0 saturated carbocycles. The number of amides is 1. The highest BCUT2D eigenvalue weighted by atomic mass is 35.5. The largest absolute Gasteiger partial charge is 0.459 e. The number of carbonyl (C=O) groups is 1. The monoisotopic (exact) mass is 433 g/mol. The number of furan rings is 1. The number of nitrogens with one attached hydrogen (secondary N) is 1. The van der Waals surface area contributed by atoms with Crippen molar-refractivity contribution in [1.29, 1.82) is 0 Å². The second-order valence-corrected chi connectivity index (χ2v) is 7.69. The Hall–Kier alpha value is -3.64. The number of carbonyl (C=O) groups excluding carboxylic acids is 1. The van der Waals surface area contributed by atoms with Crippen LogP contribution in [0.3, 0.4) is 0 Å². The third-order valence-corrected chi connectivity index (χ3v) is 5.35. The van der Waals surface area contributed by atoms with Gasteiger partial charge in [0.25, 0.3) is 5.91 Å². The highest BCUT2D eigenvalue weighted by Gasteiger charge is 2.22. The molecule has 0 aliphatic rings. The minimum atomic E-state index is -0.483. The number of anilines is 1. The van der Waals surface area contributed by atoms with Crippen LogP contribution in [-0.2, 0) is 0 Å². The van der Waals surface area contributed by atoms with Gasteiger partial charge in [-0.2, -0.15) is 5.10 Å².